The van der Waals surface area contributed by atoms with E-state index in [0.717, 1.165) is 11.8 Å². The lowest BCUT2D eigenvalue weighted by Crippen LogP contribution is -2.32. The van der Waals surface area contributed by atoms with Gasteiger partial charge in [0.2, 0.25) is 0 Å². The van der Waals surface area contributed by atoms with Gasteiger partial charge in [-0.25, -0.2) is 0 Å². The maximum absolute atomic E-state index is 9.95. The number of hydrogen-bond acceptors (Lipinski definition) is 4. The van der Waals surface area contributed by atoms with Crippen LogP contribution in [0.1, 0.15) is 0 Å². The number of carboxylic acid groups (broad SMARTS) is 1. The van der Waals surface area contributed by atoms with Gasteiger partial charge in [-0.3, -0.25) is 9.59 Å². The predicted molar refractivity (Wildman–Crippen MR) is 34.8 cm³/mol. The molecule has 0 spiro atoms. The van der Waals surface area contributed by atoms with Gasteiger partial charge in [0.1, 0.15) is 6.04 Å². The van der Waals surface area contributed by atoms with Crippen LogP contribution in [-0.2, 0) is 9.59 Å². The SMILES string of the molecule is N[C@@H](CSC=O)C(=O)O. The van der Waals surface area contributed by atoms with Gasteiger partial charge < -0.3 is 10.8 Å². The Morgan fingerprint density at radius 2 is 2.44 bits per heavy atom. The fourth-order valence-corrected chi connectivity index (χ4v) is 0.643. The van der Waals surface area contributed by atoms with Gasteiger partial charge in [-0.2, -0.15) is 0 Å². The van der Waals surface area contributed by atoms with Crippen molar-refractivity contribution in [2.24, 2.45) is 5.73 Å². The number of carboxylic acids is 1. The molecule has 0 amide bonds. The standard InChI is InChI=1S/C4H7NO3S/c5-3(4(7)8)1-9-2-6/h2-3H,1,5H2,(H,7,8)/t3-/m0/s1. The molecule has 0 unspecified atom stereocenters. The quantitative estimate of drug-likeness (QED) is 0.518. The number of hydrogen-bond donors (Lipinski definition) is 2. The van der Waals surface area contributed by atoms with Gasteiger partial charge in [0.15, 0.2) is 5.62 Å². The summed E-state index contributed by atoms with van der Waals surface area (Å²) in [5.74, 6) is -0.942. The van der Waals surface area contributed by atoms with Crippen molar-refractivity contribution in [1.29, 1.82) is 0 Å². The molecule has 4 nitrogen and oxygen atoms in total. The Balaban J connectivity index is 3.37. The third-order valence-corrected chi connectivity index (χ3v) is 1.35. The Hall–Kier alpha value is -0.550. The summed E-state index contributed by atoms with van der Waals surface area (Å²) in [5.41, 5.74) is 5.60. The van der Waals surface area contributed by atoms with E-state index in [4.69, 9.17) is 10.8 Å². The minimum Gasteiger partial charge on any atom is -0.480 e. The lowest BCUT2D eigenvalue weighted by molar-refractivity contribution is -0.137. The van der Waals surface area contributed by atoms with Crippen molar-refractivity contribution in [3.63, 3.8) is 0 Å². The Morgan fingerprint density at radius 3 is 2.78 bits per heavy atom. The van der Waals surface area contributed by atoms with Crippen LogP contribution in [0.2, 0.25) is 0 Å². The monoisotopic (exact) mass is 149 g/mol. The van der Waals surface area contributed by atoms with E-state index in [0.29, 0.717) is 5.62 Å². The second-order valence-electron chi connectivity index (χ2n) is 1.37. The highest BCUT2D eigenvalue weighted by Gasteiger charge is 2.09. The normalized spacial score (nSPS) is 12.6. The third kappa shape index (κ3) is 3.99. The van der Waals surface area contributed by atoms with Crippen LogP contribution in [0.4, 0.5) is 0 Å². The largest absolute Gasteiger partial charge is 0.480 e. The topological polar surface area (TPSA) is 80.4 Å². The molecule has 3 N–H and O–H groups in total. The second kappa shape index (κ2) is 4.34. The van der Waals surface area contributed by atoms with Crippen LogP contribution >= 0.6 is 11.8 Å². The predicted octanol–water partition coefficient (Wildman–Crippen LogP) is -0.678. The average Bonchev–Trinajstić information content (AvgIpc) is 1.82. The highest BCUT2D eigenvalue weighted by molar-refractivity contribution is 8.11. The Kier molecular flexibility index (Phi) is 4.08. The van der Waals surface area contributed by atoms with Gasteiger partial charge in [0.05, 0.1) is 0 Å². The first-order valence-electron chi connectivity index (χ1n) is 2.22. The molecular weight excluding hydrogens is 142 g/mol. The van der Waals surface area contributed by atoms with Crippen molar-refractivity contribution < 1.29 is 14.7 Å². The zero-order valence-electron chi connectivity index (χ0n) is 4.61. The van der Waals surface area contributed by atoms with Crippen LogP contribution in [0.5, 0.6) is 0 Å². The molecule has 0 saturated heterocycles. The van der Waals surface area contributed by atoms with Crippen LogP contribution in [0.15, 0.2) is 0 Å². The van der Waals surface area contributed by atoms with Crippen molar-refractivity contribution in [2.45, 2.75) is 6.04 Å². The molecule has 0 aromatic carbocycles. The van der Waals surface area contributed by atoms with Crippen LogP contribution in [0.3, 0.4) is 0 Å². The van der Waals surface area contributed by atoms with Gasteiger partial charge in [0.25, 0.3) is 0 Å². The maximum Gasteiger partial charge on any atom is 0.321 e. The molecule has 0 aromatic heterocycles. The minimum absolute atomic E-state index is 0.138. The van der Waals surface area contributed by atoms with Crippen LogP contribution in [0.25, 0.3) is 0 Å². The van der Waals surface area contributed by atoms with E-state index in [9.17, 15) is 9.59 Å². The highest BCUT2D eigenvalue weighted by atomic mass is 32.2. The van der Waals surface area contributed by atoms with E-state index in [-0.39, 0.29) is 5.75 Å². The van der Waals surface area contributed by atoms with Gasteiger partial charge in [-0.05, 0) is 0 Å². The number of carbonyl (C=O) groups is 2. The molecule has 9 heavy (non-hydrogen) atoms. The molecule has 0 aliphatic heterocycles. The van der Waals surface area contributed by atoms with Crippen molar-refractivity contribution in [3.8, 4) is 0 Å². The van der Waals surface area contributed by atoms with Crippen molar-refractivity contribution in [2.75, 3.05) is 5.75 Å². The fourth-order valence-electron chi connectivity index (χ4n) is 0.214. The number of aliphatic carboxylic acids is 1. The van der Waals surface area contributed by atoms with Crippen LogP contribution < -0.4 is 5.73 Å². The zero-order valence-corrected chi connectivity index (χ0v) is 5.43. The molecule has 0 aliphatic rings. The van der Waals surface area contributed by atoms with Gasteiger partial charge in [-0.1, -0.05) is 11.8 Å². The summed E-state index contributed by atoms with van der Waals surface area (Å²) in [5, 5.41) is 8.15. The number of thioether (sulfide) groups is 1. The maximum atomic E-state index is 9.95. The number of rotatable bonds is 4. The summed E-state index contributed by atoms with van der Waals surface area (Å²) in [7, 11) is 0. The van der Waals surface area contributed by atoms with Crippen molar-refractivity contribution in [3.05, 3.63) is 0 Å². The van der Waals surface area contributed by atoms with E-state index < -0.39 is 12.0 Å². The molecule has 0 radical (unpaired) electrons. The van der Waals surface area contributed by atoms with E-state index in [2.05, 4.69) is 0 Å². The molecule has 1 atom stereocenters. The molecule has 0 rings (SSSR count). The molecule has 0 heterocycles. The Morgan fingerprint density at radius 1 is 1.89 bits per heavy atom. The summed E-state index contributed by atoms with van der Waals surface area (Å²) >= 11 is 0.858. The molecule has 52 valence electrons. The molecule has 0 saturated carbocycles. The molecule has 0 bridgehead atoms. The highest BCUT2D eigenvalue weighted by Crippen LogP contribution is 1.94. The van der Waals surface area contributed by atoms with E-state index in [1.165, 1.54) is 0 Å². The number of nitrogens with two attached hydrogens (primary N) is 1. The molecule has 0 aliphatic carbocycles. The summed E-state index contributed by atoms with van der Waals surface area (Å²) in [6.45, 7) is 0. The van der Waals surface area contributed by atoms with E-state index in [1.807, 2.05) is 0 Å². The van der Waals surface area contributed by atoms with Crippen LogP contribution in [0, 0.1) is 0 Å². The molecule has 0 fully saturated rings. The first-order valence-corrected chi connectivity index (χ1v) is 3.27. The lowest BCUT2D eigenvalue weighted by atomic mass is 10.4. The Bertz CT molecular complexity index is 116. The fraction of sp³-hybridized carbons (Fsp3) is 0.500. The first-order chi connectivity index (χ1) is 4.18. The third-order valence-electron chi connectivity index (χ3n) is 0.661. The molecule has 0 aromatic rings. The Labute approximate surface area is 56.4 Å². The minimum atomic E-state index is -1.08. The molecular formula is C4H7NO3S. The average molecular weight is 149 g/mol. The lowest BCUT2D eigenvalue weighted by Gasteiger charge is -1.99. The van der Waals surface area contributed by atoms with E-state index in [1.54, 1.807) is 0 Å². The van der Waals surface area contributed by atoms with Crippen molar-refractivity contribution >= 4 is 23.3 Å². The van der Waals surface area contributed by atoms with Gasteiger partial charge >= 0.3 is 5.97 Å². The zero-order chi connectivity index (χ0) is 7.28. The van der Waals surface area contributed by atoms with E-state index >= 15 is 0 Å². The smallest absolute Gasteiger partial charge is 0.321 e. The summed E-state index contributed by atoms with van der Waals surface area (Å²) in [6.07, 6.45) is 0. The van der Waals surface area contributed by atoms with Gasteiger partial charge in [-0.15, -0.1) is 0 Å². The van der Waals surface area contributed by atoms with Crippen LogP contribution in [-0.4, -0.2) is 28.5 Å². The number of carbonyl (C=O) groups excluding carboxylic acids is 1. The summed E-state index contributed by atoms with van der Waals surface area (Å²) in [6, 6.07) is -0.930. The summed E-state index contributed by atoms with van der Waals surface area (Å²) in [4.78, 5) is 19.6. The first kappa shape index (κ1) is 8.45. The second-order valence-corrected chi connectivity index (χ2v) is 2.23. The van der Waals surface area contributed by atoms with Crippen molar-refractivity contribution in [1.82, 2.24) is 0 Å². The summed E-state index contributed by atoms with van der Waals surface area (Å²) < 4.78 is 0. The van der Waals surface area contributed by atoms with Gasteiger partial charge in [0, 0.05) is 5.75 Å². The molecule has 5 heteroatoms.